The van der Waals surface area contributed by atoms with Crippen LogP contribution < -0.4 is 9.47 Å². The molecule has 0 aliphatic carbocycles. The highest BCUT2D eigenvalue weighted by atomic mass is 32.2. The predicted molar refractivity (Wildman–Crippen MR) is 248 cm³/mol. The Kier molecular flexibility index (Phi) is 17.0. The molecule has 0 aliphatic heterocycles. The Balaban J connectivity index is 1.30. The molecule has 2 aromatic heterocycles. The smallest absolute Gasteiger partial charge is 0.264 e. The summed E-state index contributed by atoms with van der Waals surface area (Å²) < 4.78 is 82.0. The van der Waals surface area contributed by atoms with Gasteiger partial charge in [0.05, 0.1) is 52.8 Å². The molecule has 6 aromatic rings. The Morgan fingerprint density at radius 3 is 1.88 bits per heavy atom. The molecule has 21 nitrogen and oxygen atoms in total. The van der Waals surface area contributed by atoms with E-state index in [1.54, 1.807) is 63.2 Å². The second-order valence-electron chi connectivity index (χ2n) is 14.9. The molecule has 0 radical (unpaired) electrons. The van der Waals surface area contributed by atoms with E-state index in [0.717, 1.165) is 36.9 Å². The maximum atomic E-state index is 11.5. The Morgan fingerprint density at radius 2 is 1.30 bits per heavy atom. The summed E-state index contributed by atoms with van der Waals surface area (Å²) in [6, 6.07) is 23.1. The van der Waals surface area contributed by atoms with Gasteiger partial charge in [0.1, 0.15) is 34.5 Å². The average molecular weight is 976 g/mol. The van der Waals surface area contributed by atoms with Crippen molar-refractivity contribution in [3.8, 4) is 23.4 Å². The maximum Gasteiger partial charge on any atom is 0.264 e. The number of benzene rings is 4. The number of unbranched alkanes of at least 4 members (excludes halogenated alkanes) is 1. The molecule has 0 saturated carbocycles. The minimum Gasteiger partial charge on any atom is -0.493 e. The summed E-state index contributed by atoms with van der Waals surface area (Å²) in [5.41, 5.74) is 5.79. The van der Waals surface area contributed by atoms with Crippen LogP contribution in [0.25, 0.3) is 16.7 Å². The molecular weight excluding hydrogens is 931 g/mol. The van der Waals surface area contributed by atoms with Crippen molar-refractivity contribution in [2.45, 2.75) is 52.9 Å². The van der Waals surface area contributed by atoms with Gasteiger partial charge >= 0.3 is 0 Å². The Morgan fingerprint density at radius 1 is 0.731 bits per heavy atom. The van der Waals surface area contributed by atoms with Gasteiger partial charge in [0.2, 0.25) is 5.88 Å². The number of azo groups is 3. The largest absolute Gasteiger partial charge is 0.493 e. The highest BCUT2D eigenvalue weighted by molar-refractivity contribution is 7.94. The van der Waals surface area contributed by atoms with Gasteiger partial charge in [-0.2, -0.15) is 37.4 Å². The third-order valence-electron chi connectivity index (χ3n) is 9.97. The topological polar surface area (TPSA) is 301 Å². The Labute approximate surface area is 389 Å². The summed E-state index contributed by atoms with van der Waals surface area (Å²) in [4.78, 5) is 4.53. The zero-order valence-electron chi connectivity index (χ0n) is 36.3. The van der Waals surface area contributed by atoms with E-state index in [1.165, 1.54) is 10.5 Å². The molecular formula is C43H45N9O12S3. The molecule has 0 amide bonds. The van der Waals surface area contributed by atoms with Gasteiger partial charge in [0.25, 0.3) is 20.2 Å². The lowest BCUT2D eigenvalue weighted by Crippen LogP contribution is -2.08. The van der Waals surface area contributed by atoms with Crippen molar-refractivity contribution in [2.75, 3.05) is 30.5 Å². The predicted octanol–water partition coefficient (Wildman–Crippen LogP) is 10.9. The zero-order valence-corrected chi connectivity index (χ0v) is 38.8. The van der Waals surface area contributed by atoms with E-state index in [9.17, 15) is 36.3 Å². The molecule has 6 rings (SSSR count). The fraction of sp³-hybridized carbons (Fsp3) is 0.302. The van der Waals surface area contributed by atoms with Crippen molar-refractivity contribution in [1.82, 2.24) is 9.38 Å². The molecule has 0 bridgehead atoms. The third-order valence-corrected chi connectivity index (χ3v) is 12.2. The van der Waals surface area contributed by atoms with Crippen molar-refractivity contribution in [3.05, 3.63) is 101 Å². The summed E-state index contributed by atoms with van der Waals surface area (Å²) in [5.74, 6) is -0.484. The van der Waals surface area contributed by atoms with Crippen LogP contribution in [0.4, 0.5) is 34.1 Å². The first-order valence-corrected chi connectivity index (χ1v) is 24.6. The van der Waals surface area contributed by atoms with E-state index in [1.807, 2.05) is 24.3 Å². The van der Waals surface area contributed by atoms with Gasteiger partial charge in [-0.15, -0.1) is 19.7 Å². The van der Waals surface area contributed by atoms with Gasteiger partial charge in [-0.25, -0.2) is 10.2 Å². The summed E-state index contributed by atoms with van der Waals surface area (Å²) in [6.45, 7) is 4.83. The van der Waals surface area contributed by atoms with E-state index >= 15 is 0 Å². The van der Waals surface area contributed by atoms with Gasteiger partial charge in [-0.05, 0) is 106 Å². The van der Waals surface area contributed by atoms with Gasteiger partial charge in [-0.3, -0.25) is 13.5 Å². The fourth-order valence-electron chi connectivity index (χ4n) is 6.59. The highest BCUT2D eigenvalue weighted by Crippen LogP contribution is 2.42. The normalized spacial score (nSPS) is 12.3. The van der Waals surface area contributed by atoms with Crippen molar-refractivity contribution >= 4 is 83.1 Å². The highest BCUT2D eigenvalue weighted by Gasteiger charge is 2.21. The lowest BCUT2D eigenvalue weighted by Gasteiger charge is -2.12. The van der Waals surface area contributed by atoms with Crippen LogP contribution in [0.5, 0.6) is 17.4 Å². The second kappa shape index (κ2) is 22.8. The number of imidazole rings is 1. The number of hydrogen-bond acceptors (Lipinski definition) is 19. The molecule has 4 aromatic carbocycles. The molecule has 352 valence electrons. The standard InChI is InChI=1S/C43H45N9O12S3/c1-27-22-36(39(61-17-8-20-66(55,56)57)24-34(27)47-46-31-15-13-30(14-16-31)10-6-7-19-65-64-63-54)49-48-35-25-40(62-18-9-21-67(58,59)60)37(23-28(35)2)50-51-41-29(3)32(26-44)42-45-33-11-4-5-12-38(33)52(42)43(41)53/h4-5,11-16,22-25,53-54H,6-10,17-21H2,1-3H3,(H,55,56,57)(H,58,59,60). The van der Waals surface area contributed by atoms with Gasteiger partial charge < -0.3 is 14.6 Å². The molecule has 4 N–H and O–H groups in total. The van der Waals surface area contributed by atoms with Crippen LogP contribution in [0.2, 0.25) is 0 Å². The summed E-state index contributed by atoms with van der Waals surface area (Å²) in [5, 5.41) is 59.9. The van der Waals surface area contributed by atoms with Crippen LogP contribution in [-0.2, 0) is 36.0 Å². The summed E-state index contributed by atoms with van der Waals surface area (Å²) in [6.07, 6.45) is 2.45. The lowest BCUT2D eigenvalue weighted by molar-refractivity contribution is -0.432. The van der Waals surface area contributed by atoms with E-state index in [4.69, 9.17) is 14.7 Å². The number of ether oxygens (including phenoxy) is 2. The maximum absolute atomic E-state index is 11.5. The van der Waals surface area contributed by atoms with E-state index in [-0.39, 0.29) is 77.4 Å². The SMILES string of the molecule is Cc1cc(N=Nc2cc(OCCCS(=O)(=O)O)c(N=Nc3c(C)c(C#N)c4nc5ccccc5n4c3O)cc2C)c(OCCCS(=O)(=O)O)cc1N=Nc1ccc(CCCCSOOO)cc1. The molecule has 0 saturated heterocycles. The lowest BCUT2D eigenvalue weighted by atomic mass is 10.1. The van der Waals surface area contributed by atoms with E-state index < -0.39 is 31.7 Å². The number of aromatic hydroxyl groups is 1. The molecule has 0 fully saturated rings. The summed E-state index contributed by atoms with van der Waals surface area (Å²) in [7, 11) is -8.53. The first-order chi connectivity index (χ1) is 32.0. The summed E-state index contributed by atoms with van der Waals surface area (Å²) >= 11 is 1.01. The number of pyridine rings is 1. The molecule has 67 heavy (non-hydrogen) atoms. The second-order valence-corrected chi connectivity index (χ2v) is 18.8. The van der Waals surface area contributed by atoms with E-state index in [0.29, 0.717) is 44.9 Å². The molecule has 24 heteroatoms. The van der Waals surface area contributed by atoms with Crippen molar-refractivity contribution in [2.24, 2.45) is 30.7 Å². The average Bonchev–Trinajstić information content (AvgIpc) is 3.67. The first kappa shape index (κ1) is 50.0. The first-order valence-electron chi connectivity index (χ1n) is 20.5. The van der Waals surface area contributed by atoms with Crippen molar-refractivity contribution in [3.63, 3.8) is 0 Å². The number of nitrogens with zero attached hydrogens (tertiary/aromatic N) is 9. The number of hydrogen-bond donors (Lipinski definition) is 4. The number of aryl methyl sites for hydroxylation is 3. The molecule has 0 spiro atoms. The van der Waals surface area contributed by atoms with Gasteiger partial charge in [-0.1, -0.05) is 29.3 Å². The van der Waals surface area contributed by atoms with Crippen LogP contribution in [0, 0.1) is 32.1 Å². The van der Waals surface area contributed by atoms with Crippen LogP contribution in [0.1, 0.15) is 53.5 Å². The van der Waals surface area contributed by atoms with Crippen LogP contribution in [0.3, 0.4) is 0 Å². The zero-order chi connectivity index (χ0) is 48.1. The third kappa shape index (κ3) is 13.8. The minimum absolute atomic E-state index is 0.00748. The van der Waals surface area contributed by atoms with Crippen LogP contribution >= 0.6 is 12.0 Å². The molecule has 0 unspecified atom stereocenters. The van der Waals surface area contributed by atoms with E-state index in [2.05, 4.69) is 51.1 Å². The number of para-hydroxylation sites is 2. The molecule has 2 heterocycles. The number of aromatic nitrogens is 2. The minimum atomic E-state index is -4.28. The molecule has 0 atom stereocenters. The molecule has 0 aliphatic rings. The van der Waals surface area contributed by atoms with Crippen LogP contribution in [-0.4, -0.2) is 76.2 Å². The van der Waals surface area contributed by atoms with Crippen molar-refractivity contribution in [1.29, 1.82) is 5.26 Å². The van der Waals surface area contributed by atoms with Gasteiger partial charge in [0, 0.05) is 35.5 Å². The fourth-order valence-corrected chi connectivity index (χ4v) is 7.99. The van der Waals surface area contributed by atoms with Gasteiger partial charge in [0.15, 0.2) is 11.3 Å². The van der Waals surface area contributed by atoms with Crippen LogP contribution in [0.15, 0.2) is 103 Å². The number of rotatable bonds is 23. The quantitative estimate of drug-likeness (QED) is 0.0116. The monoisotopic (exact) mass is 975 g/mol. The number of nitriles is 1. The van der Waals surface area contributed by atoms with Crippen molar-refractivity contribution < 1.29 is 55.2 Å². The number of fused-ring (bicyclic) bond motifs is 3. The Hall–Kier alpha value is -6.43. The Bertz CT molecular complexity index is 3100.